The summed E-state index contributed by atoms with van der Waals surface area (Å²) < 4.78 is 0. The van der Waals surface area contributed by atoms with E-state index in [2.05, 4.69) is 48.3 Å². The summed E-state index contributed by atoms with van der Waals surface area (Å²) in [4.78, 5) is 2.70. The van der Waals surface area contributed by atoms with E-state index in [1.165, 1.54) is 19.4 Å². The normalized spacial score (nSPS) is 33.6. The van der Waals surface area contributed by atoms with E-state index in [9.17, 15) is 0 Å². The number of hydrogen-bond donors (Lipinski definition) is 1. The van der Waals surface area contributed by atoms with Crippen LogP contribution in [-0.2, 0) is 6.42 Å². The maximum absolute atomic E-state index is 3.57. The van der Waals surface area contributed by atoms with Gasteiger partial charge in [-0.05, 0) is 37.8 Å². The molecule has 0 radical (unpaired) electrons. The molecule has 17 heavy (non-hydrogen) atoms. The fourth-order valence-corrected chi connectivity index (χ4v) is 3.36. The fraction of sp³-hybridized carbons (Fsp3) is 0.600. The molecular formula is C15H22N2. The van der Waals surface area contributed by atoms with E-state index >= 15 is 0 Å². The van der Waals surface area contributed by atoms with Crippen molar-refractivity contribution >= 4 is 0 Å². The molecule has 1 aliphatic carbocycles. The monoisotopic (exact) mass is 230 g/mol. The van der Waals surface area contributed by atoms with Gasteiger partial charge in [0.25, 0.3) is 0 Å². The lowest BCUT2D eigenvalue weighted by atomic mass is 10.0. The third-order valence-electron chi connectivity index (χ3n) is 4.31. The van der Waals surface area contributed by atoms with Crippen molar-refractivity contribution in [1.29, 1.82) is 0 Å². The van der Waals surface area contributed by atoms with Crippen molar-refractivity contribution in [2.45, 2.75) is 44.8 Å². The molecule has 3 atom stereocenters. The Labute approximate surface area is 104 Å². The number of piperazine rings is 1. The van der Waals surface area contributed by atoms with Crippen LogP contribution in [-0.4, -0.2) is 30.1 Å². The van der Waals surface area contributed by atoms with Gasteiger partial charge in [0.1, 0.15) is 0 Å². The third kappa shape index (κ3) is 2.00. The van der Waals surface area contributed by atoms with Gasteiger partial charge in [0.05, 0.1) is 0 Å². The number of aryl methyl sites for hydroxylation is 1. The van der Waals surface area contributed by atoms with Crippen LogP contribution in [0.5, 0.6) is 0 Å². The minimum Gasteiger partial charge on any atom is -0.311 e. The molecule has 2 nitrogen and oxygen atoms in total. The van der Waals surface area contributed by atoms with E-state index in [1.54, 1.807) is 11.1 Å². The number of fused-ring (bicyclic) bond motifs is 1. The minimum absolute atomic E-state index is 0.624. The van der Waals surface area contributed by atoms with Crippen molar-refractivity contribution in [3.63, 3.8) is 0 Å². The van der Waals surface area contributed by atoms with Crippen LogP contribution in [0, 0.1) is 0 Å². The summed E-state index contributed by atoms with van der Waals surface area (Å²) >= 11 is 0. The molecule has 2 heteroatoms. The van der Waals surface area contributed by atoms with Crippen LogP contribution in [0.3, 0.4) is 0 Å². The molecule has 1 aromatic rings. The van der Waals surface area contributed by atoms with Crippen LogP contribution in [0.2, 0.25) is 0 Å². The van der Waals surface area contributed by atoms with Crippen molar-refractivity contribution < 1.29 is 0 Å². The summed E-state index contributed by atoms with van der Waals surface area (Å²) in [6, 6.07) is 10.9. The Morgan fingerprint density at radius 2 is 2.06 bits per heavy atom. The highest BCUT2D eigenvalue weighted by Crippen LogP contribution is 2.37. The van der Waals surface area contributed by atoms with Crippen LogP contribution in [0.1, 0.15) is 37.4 Å². The highest BCUT2D eigenvalue weighted by atomic mass is 15.2. The van der Waals surface area contributed by atoms with Crippen LogP contribution < -0.4 is 5.32 Å². The first-order valence-corrected chi connectivity index (χ1v) is 6.82. The second kappa shape index (κ2) is 4.43. The Hall–Kier alpha value is -0.860. The smallest absolute Gasteiger partial charge is 0.0358 e. The standard InChI is InChI=1S/C15H22N2/c1-11-10-17(12(2)9-16-11)15-8-7-13-5-3-4-6-14(13)15/h3-6,11-12,15-16H,7-10H2,1-2H3. The molecule has 3 unspecified atom stereocenters. The maximum atomic E-state index is 3.57. The van der Waals surface area contributed by atoms with Crippen LogP contribution in [0.4, 0.5) is 0 Å². The number of rotatable bonds is 1. The van der Waals surface area contributed by atoms with Crippen LogP contribution >= 0.6 is 0 Å². The van der Waals surface area contributed by atoms with Gasteiger partial charge in [0.15, 0.2) is 0 Å². The molecule has 1 aromatic carbocycles. The van der Waals surface area contributed by atoms with E-state index < -0.39 is 0 Å². The van der Waals surface area contributed by atoms with Crippen molar-refractivity contribution in [2.75, 3.05) is 13.1 Å². The number of nitrogens with one attached hydrogen (secondary N) is 1. The zero-order valence-corrected chi connectivity index (χ0v) is 10.8. The molecule has 1 aliphatic heterocycles. The molecular weight excluding hydrogens is 208 g/mol. The van der Waals surface area contributed by atoms with Gasteiger partial charge in [-0.25, -0.2) is 0 Å². The number of hydrogen-bond acceptors (Lipinski definition) is 2. The van der Waals surface area contributed by atoms with Gasteiger partial charge in [-0.2, -0.15) is 0 Å². The molecule has 1 fully saturated rings. The molecule has 0 saturated carbocycles. The first kappa shape index (κ1) is 11.2. The Morgan fingerprint density at radius 3 is 2.94 bits per heavy atom. The largest absolute Gasteiger partial charge is 0.311 e. The predicted octanol–water partition coefficient (Wildman–Crippen LogP) is 2.36. The summed E-state index contributed by atoms with van der Waals surface area (Å²) in [6.45, 7) is 6.94. The molecule has 2 aliphatic rings. The average Bonchev–Trinajstić information content (AvgIpc) is 2.76. The maximum Gasteiger partial charge on any atom is 0.0358 e. The Kier molecular flexibility index (Phi) is 2.93. The van der Waals surface area contributed by atoms with Gasteiger partial charge in [0.2, 0.25) is 0 Å². The predicted molar refractivity (Wildman–Crippen MR) is 71.1 cm³/mol. The molecule has 1 N–H and O–H groups in total. The molecule has 3 rings (SSSR count). The zero-order valence-electron chi connectivity index (χ0n) is 10.8. The lowest BCUT2D eigenvalue weighted by Gasteiger charge is -2.41. The summed E-state index contributed by atoms with van der Waals surface area (Å²) in [7, 11) is 0. The molecule has 0 aromatic heterocycles. The number of benzene rings is 1. The van der Waals surface area contributed by atoms with E-state index in [-0.39, 0.29) is 0 Å². The number of nitrogens with zero attached hydrogens (tertiary/aromatic N) is 1. The second-order valence-electron chi connectivity index (χ2n) is 5.61. The minimum atomic E-state index is 0.624. The Bertz CT molecular complexity index is 402. The zero-order chi connectivity index (χ0) is 11.8. The first-order valence-electron chi connectivity index (χ1n) is 6.82. The van der Waals surface area contributed by atoms with E-state index in [0.717, 1.165) is 6.54 Å². The van der Waals surface area contributed by atoms with Crippen LogP contribution in [0.15, 0.2) is 24.3 Å². The lowest BCUT2D eigenvalue weighted by Crippen LogP contribution is -2.54. The molecule has 1 heterocycles. The topological polar surface area (TPSA) is 15.3 Å². The molecule has 0 amide bonds. The Morgan fingerprint density at radius 1 is 1.24 bits per heavy atom. The SMILES string of the molecule is CC1CN(C2CCc3ccccc32)C(C)CN1. The fourth-order valence-electron chi connectivity index (χ4n) is 3.36. The van der Waals surface area contributed by atoms with Crippen molar-refractivity contribution in [2.24, 2.45) is 0 Å². The Balaban J connectivity index is 1.85. The van der Waals surface area contributed by atoms with E-state index in [0.29, 0.717) is 18.1 Å². The summed E-state index contributed by atoms with van der Waals surface area (Å²) in [6.07, 6.45) is 2.56. The molecule has 1 saturated heterocycles. The van der Waals surface area contributed by atoms with Gasteiger partial charge in [-0.1, -0.05) is 24.3 Å². The summed E-state index contributed by atoms with van der Waals surface area (Å²) in [5, 5.41) is 3.57. The van der Waals surface area contributed by atoms with Gasteiger partial charge in [-0.15, -0.1) is 0 Å². The summed E-state index contributed by atoms with van der Waals surface area (Å²) in [5.41, 5.74) is 3.14. The molecule has 0 bridgehead atoms. The van der Waals surface area contributed by atoms with Crippen LogP contribution in [0.25, 0.3) is 0 Å². The van der Waals surface area contributed by atoms with Gasteiger partial charge < -0.3 is 5.32 Å². The van der Waals surface area contributed by atoms with Gasteiger partial charge >= 0.3 is 0 Å². The third-order valence-corrected chi connectivity index (χ3v) is 4.31. The van der Waals surface area contributed by atoms with E-state index in [4.69, 9.17) is 0 Å². The van der Waals surface area contributed by atoms with Gasteiger partial charge in [-0.3, -0.25) is 4.90 Å². The highest BCUT2D eigenvalue weighted by molar-refractivity contribution is 5.34. The van der Waals surface area contributed by atoms with Crippen molar-refractivity contribution in [3.05, 3.63) is 35.4 Å². The average molecular weight is 230 g/mol. The van der Waals surface area contributed by atoms with Crippen molar-refractivity contribution in [3.8, 4) is 0 Å². The first-order chi connectivity index (χ1) is 8.25. The van der Waals surface area contributed by atoms with Gasteiger partial charge in [0, 0.05) is 31.2 Å². The second-order valence-corrected chi connectivity index (χ2v) is 5.61. The quantitative estimate of drug-likeness (QED) is 0.796. The van der Waals surface area contributed by atoms with Crippen molar-refractivity contribution in [1.82, 2.24) is 10.2 Å². The van der Waals surface area contributed by atoms with E-state index in [1.807, 2.05) is 0 Å². The molecule has 0 spiro atoms. The highest BCUT2D eigenvalue weighted by Gasteiger charge is 2.33. The molecule has 92 valence electrons. The lowest BCUT2D eigenvalue weighted by molar-refractivity contribution is 0.0950. The summed E-state index contributed by atoms with van der Waals surface area (Å²) in [5.74, 6) is 0.